The first kappa shape index (κ1) is 21.0. The van der Waals surface area contributed by atoms with Crippen molar-refractivity contribution in [2.75, 3.05) is 5.32 Å². The molecule has 0 radical (unpaired) electrons. The van der Waals surface area contributed by atoms with Crippen LogP contribution in [0.25, 0.3) is 23.1 Å². The summed E-state index contributed by atoms with van der Waals surface area (Å²) in [4.78, 5) is 17.8. The molecule has 7 nitrogen and oxygen atoms in total. The number of hydrogen-bond donors (Lipinski definition) is 3. The minimum Gasteiger partial charge on any atom is -0.370 e. The molecule has 0 saturated carbocycles. The average molecular weight is 424 g/mol. The van der Waals surface area contributed by atoms with Crippen molar-refractivity contribution in [2.45, 2.75) is 20.0 Å². The van der Waals surface area contributed by atoms with Gasteiger partial charge in [-0.3, -0.25) is 4.98 Å². The zero-order valence-corrected chi connectivity index (χ0v) is 17.9. The van der Waals surface area contributed by atoms with Gasteiger partial charge in [0.1, 0.15) is 5.82 Å². The Bertz CT molecular complexity index is 1260. The molecule has 0 aliphatic heterocycles. The second-order valence-electron chi connectivity index (χ2n) is 7.45. The van der Waals surface area contributed by atoms with E-state index in [1.54, 1.807) is 6.20 Å². The SMILES string of the molecule is Cc1ccc2nc(/C=C/c3ccccn3)nc(NCc3ccc(CN=C(N)N)cc3)c2c1. The molecule has 0 saturated heterocycles. The number of aromatic nitrogens is 3. The van der Waals surface area contributed by atoms with Crippen LogP contribution in [-0.4, -0.2) is 20.9 Å². The number of benzene rings is 2. The van der Waals surface area contributed by atoms with Crippen LogP contribution in [0.2, 0.25) is 0 Å². The smallest absolute Gasteiger partial charge is 0.186 e. The first-order chi connectivity index (χ1) is 15.6. The van der Waals surface area contributed by atoms with Crippen molar-refractivity contribution in [1.29, 1.82) is 0 Å². The number of fused-ring (bicyclic) bond motifs is 1. The molecule has 4 rings (SSSR count). The van der Waals surface area contributed by atoms with Crippen LogP contribution in [0, 0.1) is 6.92 Å². The minimum absolute atomic E-state index is 0.0922. The summed E-state index contributed by atoms with van der Waals surface area (Å²) in [5, 5.41) is 4.46. The molecule has 0 aliphatic rings. The maximum absolute atomic E-state index is 5.40. The van der Waals surface area contributed by atoms with E-state index in [1.165, 1.54) is 0 Å². The standard InChI is InChI=1S/C25H25N7/c1-17-5-11-22-21(14-17)24(32-23(31-22)12-10-20-4-2-3-13-28-20)29-15-18-6-8-19(9-7-18)16-30-25(26)27/h2-14H,15-16H2,1H3,(H4,26,27,30)(H,29,31,32)/b12-10+. The number of aryl methyl sites for hydroxylation is 1. The Kier molecular flexibility index (Phi) is 6.36. The molecule has 7 heteroatoms. The summed E-state index contributed by atoms with van der Waals surface area (Å²) in [6.45, 7) is 3.16. The Morgan fingerprint density at radius 2 is 1.78 bits per heavy atom. The highest BCUT2D eigenvalue weighted by atomic mass is 15.0. The van der Waals surface area contributed by atoms with Gasteiger partial charge >= 0.3 is 0 Å². The predicted molar refractivity (Wildman–Crippen MR) is 131 cm³/mol. The number of nitrogens with one attached hydrogen (secondary N) is 1. The van der Waals surface area contributed by atoms with Crippen molar-refractivity contribution in [2.24, 2.45) is 16.5 Å². The number of aliphatic imine (C=N–C) groups is 1. The summed E-state index contributed by atoms with van der Waals surface area (Å²) < 4.78 is 0. The summed E-state index contributed by atoms with van der Waals surface area (Å²) in [5.41, 5.74) is 15.9. The predicted octanol–water partition coefficient (Wildman–Crippen LogP) is 3.89. The van der Waals surface area contributed by atoms with Gasteiger partial charge in [0.2, 0.25) is 0 Å². The lowest BCUT2D eigenvalue weighted by Gasteiger charge is -2.11. The first-order valence-corrected chi connectivity index (χ1v) is 10.3. The molecule has 0 atom stereocenters. The van der Waals surface area contributed by atoms with Crippen molar-refractivity contribution in [3.63, 3.8) is 0 Å². The van der Waals surface area contributed by atoms with Gasteiger partial charge < -0.3 is 16.8 Å². The maximum atomic E-state index is 5.40. The molecule has 0 aliphatic carbocycles. The average Bonchev–Trinajstić information content (AvgIpc) is 2.81. The molecule has 2 aromatic carbocycles. The fraction of sp³-hybridized carbons (Fsp3) is 0.120. The second kappa shape index (κ2) is 9.70. The summed E-state index contributed by atoms with van der Waals surface area (Å²) in [7, 11) is 0. The highest BCUT2D eigenvalue weighted by Gasteiger charge is 2.07. The van der Waals surface area contributed by atoms with Crippen molar-refractivity contribution in [1.82, 2.24) is 15.0 Å². The summed E-state index contributed by atoms with van der Waals surface area (Å²) in [6.07, 6.45) is 5.55. The van der Waals surface area contributed by atoms with Gasteiger partial charge in [0.15, 0.2) is 11.8 Å². The van der Waals surface area contributed by atoms with Crippen LogP contribution in [0.4, 0.5) is 5.82 Å². The fourth-order valence-electron chi connectivity index (χ4n) is 3.23. The molecule has 0 spiro atoms. The third-order valence-electron chi connectivity index (χ3n) is 4.89. The van der Waals surface area contributed by atoms with E-state index in [4.69, 9.17) is 21.4 Å². The van der Waals surface area contributed by atoms with Gasteiger partial charge in [-0.2, -0.15) is 0 Å². The second-order valence-corrected chi connectivity index (χ2v) is 7.45. The van der Waals surface area contributed by atoms with E-state index < -0.39 is 0 Å². The summed E-state index contributed by atoms with van der Waals surface area (Å²) >= 11 is 0. The Morgan fingerprint density at radius 3 is 2.53 bits per heavy atom. The van der Waals surface area contributed by atoms with Gasteiger partial charge in [-0.1, -0.05) is 42.0 Å². The van der Waals surface area contributed by atoms with Crippen molar-refractivity contribution >= 4 is 34.8 Å². The Morgan fingerprint density at radius 1 is 0.969 bits per heavy atom. The number of anilines is 1. The van der Waals surface area contributed by atoms with E-state index in [1.807, 2.05) is 48.6 Å². The number of nitrogens with two attached hydrogens (primary N) is 2. The van der Waals surface area contributed by atoms with E-state index in [0.29, 0.717) is 18.9 Å². The van der Waals surface area contributed by atoms with Crippen LogP contribution >= 0.6 is 0 Å². The highest BCUT2D eigenvalue weighted by molar-refractivity contribution is 5.90. The Labute approximate surface area is 187 Å². The van der Waals surface area contributed by atoms with E-state index in [9.17, 15) is 0 Å². The van der Waals surface area contributed by atoms with Crippen LogP contribution in [-0.2, 0) is 13.1 Å². The molecule has 32 heavy (non-hydrogen) atoms. The van der Waals surface area contributed by atoms with Crippen LogP contribution in [0.3, 0.4) is 0 Å². The van der Waals surface area contributed by atoms with E-state index >= 15 is 0 Å². The largest absolute Gasteiger partial charge is 0.370 e. The molecule has 0 unspecified atom stereocenters. The van der Waals surface area contributed by atoms with Gasteiger partial charge in [0, 0.05) is 18.1 Å². The number of hydrogen-bond acceptors (Lipinski definition) is 5. The molecule has 0 bridgehead atoms. The van der Waals surface area contributed by atoms with E-state index in [-0.39, 0.29) is 5.96 Å². The maximum Gasteiger partial charge on any atom is 0.186 e. The highest BCUT2D eigenvalue weighted by Crippen LogP contribution is 2.23. The summed E-state index contributed by atoms with van der Waals surface area (Å²) in [6, 6.07) is 20.1. The number of nitrogens with zero attached hydrogens (tertiary/aromatic N) is 4. The Balaban J connectivity index is 1.57. The molecular weight excluding hydrogens is 398 g/mol. The third kappa shape index (κ3) is 5.46. The van der Waals surface area contributed by atoms with E-state index in [2.05, 4.69) is 46.5 Å². The number of guanidine groups is 1. The first-order valence-electron chi connectivity index (χ1n) is 10.3. The van der Waals surface area contributed by atoms with Crippen molar-refractivity contribution in [3.05, 3.63) is 95.1 Å². The van der Waals surface area contributed by atoms with Crippen molar-refractivity contribution < 1.29 is 0 Å². The molecular formula is C25H25N7. The molecule has 5 N–H and O–H groups in total. The zero-order chi connectivity index (χ0) is 22.3. The molecule has 0 fully saturated rings. The zero-order valence-electron chi connectivity index (χ0n) is 17.9. The lowest BCUT2D eigenvalue weighted by atomic mass is 10.1. The lowest BCUT2D eigenvalue weighted by molar-refractivity contribution is 1.04. The van der Waals surface area contributed by atoms with Crippen LogP contribution in [0.1, 0.15) is 28.2 Å². The normalized spacial score (nSPS) is 11.0. The van der Waals surface area contributed by atoms with Crippen LogP contribution in [0.5, 0.6) is 0 Å². The Hall–Kier alpha value is -4.26. The van der Waals surface area contributed by atoms with Gasteiger partial charge in [-0.25, -0.2) is 15.0 Å². The molecule has 2 heterocycles. The topological polar surface area (TPSA) is 115 Å². The number of rotatable bonds is 7. The monoisotopic (exact) mass is 423 g/mol. The van der Waals surface area contributed by atoms with Crippen LogP contribution in [0.15, 0.2) is 71.9 Å². The molecule has 4 aromatic rings. The third-order valence-corrected chi connectivity index (χ3v) is 4.89. The van der Waals surface area contributed by atoms with Gasteiger partial charge in [-0.15, -0.1) is 0 Å². The van der Waals surface area contributed by atoms with Gasteiger partial charge in [-0.05, 0) is 54.5 Å². The molecule has 160 valence electrons. The quantitative estimate of drug-likeness (QED) is 0.307. The van der Waals surface area contributed by atoms with Gasteiger partial charge in [0.05, 0.1) is 17.8 Å². The molecule has 0 amide bonds. The van der Waals surface area contributed by atoms with Gasteiger partial charge in [0.25, 0.3) is 0 Å². The van der Waals surface area contributed by atoms with Crippen LogP contribution < -0.4 is 16.8 Å². The van der Waals surface area contributed by atoms with Crippen molar-refractivity contribution in [3.8, 4) is 0 Å². The fourth-order valence-corrected chi connectivity index (χ4v) is 3.23. The minimum atomic E-state index is 0.0922. The number of pyridine rings is 1. The molecule has 2 aromatic heterocycles. The lowest BCUT2D eigenvalue weighted by Crippen LogP contribution is -2.22. The summed E-state index contributed by atoms with van der Waals surface area (Å²) in [5.74, 6) is 1.51. The van der Waals surface area contributed by atoms with E-state index in [0.717, 1.165) is 39.1 Å².